The Bertz CT molecular complexity index is 619. The standard InChI is InChI=1S/C15H22N4O4/c1-10(12-8-16-18(3)11(12)2)17-13(20)19-6-4-15(5-7-19)9-22-14(21)23-15/h8,10H,4-7,9H2,1-3H3,(H,17,20). The van der Waals surface area contributed by atoms with Crippen molar-refractivity contribution in [1.82, 2.24) is 20.0 Å². The first kappa shape index (κ1) is 15.6. The molecule has 1 atom stereocenters. The Morgan fingerprint density at radius 1 is 1.43 bits per heavy atom. The fraction of sp³-hybridized carbons (Fsp3) is 0.667. The number of carbonyl (C=O) groups is 2. The quantitative estimate of drug-likeness (QED) is 0.834. The SMILES string of the molecule is Cc1c(C(C)NC(=O)N2CCC3(CC2)COC(=O)O3)cnn1C. The molecule has 1 unspecified atom stereocenters. The fourth-order valence-electron chi connectivity index (χ4n) is 3.08. The first-order chi connectivity index (χ1) is 10.9. The van der Waals surface area contributed by atoms with Gasteiger partial charge in [-0.15, -0.1) is 0 Å². The van der Waals surface area contributed by atoms with Crippen LogP contribution in [0.25, 0.3) is 0 Å². The zero-order valence-electron chi connectivity index (χ0n) is 13.7. The molecular formula is C15H22N4O4. The molecule has 0 bridgehead atoms. The highest BCUT2D eigenvalue weighted by Gasteiger charge is 2.45. The highest BCUT2D eigenvalue weighted by molar-refractivity contribution is 5.75. The Balaban J connectivity index is 1.55. The molecule has 1 aromatic heterocycles. The Labute approximate surface area is 134 Å². The van der Waals surface area contributed by atoms with Gasteiger partial charge < -0.3 is 19.7 Å². The molecule has 8 heteroatoms. The lowest BCUT2D eigenvalue weighted by atomic mass is 9.92. The van der Waals surface area contributed by atoms with Gasteiger partial charge >= 0.3 is 12.2 Å². The maximum absolute atomic E-state index is 12.4. The first-order valence-corrected chi connectivity index (χ1v) is 7.80. The number of hydrogen-bond donors (Lipinski definition) is 1. The molecule has 2 fully saturated rings. The third-order valence-electron chi connectivity index (χ3n) is 4.79. The predicted molar refractivity (Wildman–Crippen MR) is 80.9 cm³/mol. The number of hydrogen-bond acceptors (Lipinski definition) is 5. The molecule has 2 amide bonds. The summed E-state index contributed by atoms with van der Waals surface area (Å²) < 4.78 is 11.9. The van der Waals surface area contributed by atoms with E-state index < -0.39 is 11.8 Å². The molecule has 3 heterocycles. The summed E-state index contributed by atoms with van der Waals surface area (Å²) in [6.07, 6.45) is 2.38. The second-order valence-electron chi connectivity index (χ2n) is 6.29. The molecule has 8 nitrogen and oxygen atoms in total. The van der Waals surface area contributed by atoms with Crippen LogP contribution in [0.15, 0.2) is 6.20 Å². The molecule has 2 saturated heterocycles. The van der Waals surface area contributed by atoms with Crippen molar-refractivity contribution in [3.05, 3.63) is 17.5 Å². The summed E-state index contributed by atoms with van der Waals surface area (Å²) in [6.45, 7) is 5.29. The summed E-state index contributed by atoms with van der Waals surface area (Å²) in [6, 6.07) is -0.222. The number of ether oxygens (including phenoxy) is 2. The summed E-state index contributed by atoms with van der Waals surface area (Å²) in [7, 11) is 1.88. The van der Waals surface area contributed by atoms with Crippen molar-refractivity contribution in [3.8, 4) is 0 Å². The van der Waals surface area contributed by atoms with Crippen LogP contribution in [-0.2, 0) is 16.5 Å². The van der Waals surface area contributed by atoms with Gasteiger partial charge in [0.1, 0.15) is 6.61 Å². The lowest BCUT2D eigenvalue weighted by Crippen LogP contribution is -2.51. The maximum Gasteiger partial charge on any atom is 0.509 e. The van der Waals surface area contributed by atoms with Crippen molar-refractivity contribution in [2.45, 2.75) is 38.3 Å². The van der Waals surface area contributed by atoms with E-state index in [0.717, 1.165) is 11.3 Å². The van der Waals surface area contributed by atoms with Gasteiger partial charge in [-0.3, -0.25) is 4.68 Å². The van der Waals surface area contributed by atoms with Crippen molar-refractivity contribution >= 4 is 12.2 Å². The minimum Gasteiger partial charge on any atom is -0.430 e. The fourth-order valence-corrected chi connectivity index (χ4v) is 3.08. The van der Waals surface area contributed by atoms with Crippen molar-refractivity contribution in [2.24, 2.45) is 7.05 Å². The van der Waals surface area contributed by atoms with Gasteiger partial charge in [-0.2, -0.15) is 5.10 Å². The number of amides is 2. The third kappa shape index (κ3) is 2.97. The van der Waals surface area contributed by atoms with Gasteiger partial charge in [-0.25, -0.2) is 9.59 Å². The van der Waals surface area contributed by atoms with Crippen molar-refractivity contribution in [1.29, 1.82) is 0 Å². The van der Waals surface area contributed by atoms with Gasteiger partial charge in [-0.1, -0.05) is 0 Å². The van der Waals surface area contributed by atoms with E-state index in [9.17, 15) is 9.59 Å². The normalized spacial score (nSPS) is 21.0. The van der Waals surface area contributed by atoms with Crippen LogP contribution in [0, 0.1) is 6.92 Å². The van der Waals surface area contributed by atoms with E-state index in [1.165, 1.54) is 0 Å². The van der Waals surface area contributed by atoms with E-state index in [4.69, 9.17) is 9.47 Å². The number of piperidine rings is 1. The van der Waals surface area contributed by atoms with E-state index in [0.29, 0.717) is 25.9 Å². The molecule has 2 aliphatic rings. The molecular weight excluding hydrogens is 300 g/mol. The van der Waals surface area contributed by atoms with E-state index in [2.05, 4.69) is 10.4 Å². The zero-order chi connectivity index (χ0) is 16.6. The van der Waals surface area contributed by atoms with E-state index in [1.807, 2.05) is 20.9 Å². The minimum atomic E-state index is -0.608. The van der Waals surface area contributed by atoms with Crippen LogP contribution in [0.5, 0.6) is 0 Å². The van der Waals surface area contributed by atoms with E-state index in [-0.39, 0.29) is 18.7 Å². The number of likely N-dealkylation sites (tertiary alicyclic amines) is 1. The Morgan fingerprint density at radius 3 is 2.65 bits per heavy atom. The van der Waals surface area contributed by atoms with Crippen LogP contribution in [0.3, 0.4) is 0 Å². The van der Waals surface area contributed by atoms with E-state index >= 15 is 0 Å². The summed E-state index contributed by atoms with van der Waals surface area (Å²) in [5.41, 5.74) is 1.50. The average molecular weight is 322 g/mol. The number of nitrogens with one attached hydrogen (secondary N) is 1. The second-order valence-corrected chi connectivity index (χ2v) is 6.29. The number of nitrogens with zero attached hydrogens (tertiary/aromatic N) is 3. The molecule has 126 valence electrons. The smallest absolute Gasteiger partial charge is 0.430 e. The molecule has 0 saturated carbocycles. The molecule has 0 radical (unpaired) electrons. The maximum atomic E-state index is 12.4. The number of aromatic nitrogens is 2. The van der Waals surface area contributed by atoms with Crippen LogP contribution in [-0.4, -0.2) is 52.2 Å². The third-order valence-corrected chi connectivity index (χ3v) is 4.79. The number of aryl methyl sites for hydroxylation is 1. The lowest BCUT2D eigenvalue weighted by Gasteiger charge is -2.36. The summed E-state index contributed by atoms with van der Waals surface area (Å²) in [5, 5.41) is 7.20. The van der Waals surface area contributed by atoms with Gasteiger partial charge in [0.15, 0.2) is 5.60 Å². The summed E-state index contributed by atoms with van der Waals surface area (Å²) >= 11 is 0. The zero-order valence-corrected chi connectivity index (χ0v) is 13.7. The summed E-state index contributed by atoms with van der Waals surface area (Å²) in [4.78, 5) is 25.3. The topological polar surface area (TPSA) is 85.7 Å². The molecule has 1 spiro atoms. The van der Waals surface area contributed by atoms with Gasteiger partial charge in [0.2, 0.25) is 0 Å². The van der Waals surface area contributed by atoms with Gasteiger partial charge in [0.25, 0.3) is 0 Å². The number of carbonyl (C=O) groups excluding carboxylic acids is 2. The Morgan fingerprint density at radius 2 is 2.13 bits per heavy atom. The Hall–Kier alpha value is -2.25. The molecule has 3 rings (SSSR count). The molecule has 2 aliphatic heterocycles. The van der Waals surface area contributed by atoms with Crippen LogP contribution < -0.4 is 5.32 Å². The van der Waals surface area contributed by atoms with Crippen molar-refractivity contribution in [3.63, 3.8) is 0 Å². The van der Waals surface area contributed by atoms with Crippen molar-refractivity contribution < 1.29 is 19.1 Å². The molecule has 1 N–H and O–H groups in total. The lowest BCUT2D eigenvalue weighted by molar-refractivity contribution is 0.00917. The number of cyclic esters (lactones) is 1. The highest BCUT2D eigenvalue weighted by Crippen LogP contribution is 2.31. The number of urea groups is 1. The minimum absolute atomic E-state index is 0.110. The molecule has 0 aromatic carbocycles. The highest BCUT2D eigenvalue weighted by atomic mass is 16.8. The van der Waals surface area contributed by atoms with Crippen LogP contribution in [0.1, 0.15) is 37.1 Å². The molecule has 0 aliphatic carbocycles. The number of rotatable bonds is 2. The molecule has 23 heavy (non-hydrogen) atoms. The van der Waals surface area contributed by atoms with Gasteiger partial charge in [0.05, 0.1) is 12.2 Å². The van der Waals surface area contributed by atoms with Crippen molar-refractivity contribution in [2.75, 3.05) is 19.7 Å². The average Bonchev–Trinajstić information content (AvgIpc) is 3.04. The van der Waals surface area contributed by atoms with Crippen LogP contribution in [0.2, 0.25) is 0 Å². The first-order valence-electron chi connectivity index (χ1n) is 7.80. The van der Waals surface area contributed by atoms with E-state index in [1.54, 1.807) is 15.8 Å². The summed E-state index contributed by atoms with van der Waals surface area (Å²) in [5.74, 6) is 0. The predicted octanol–water partition coefficient (Wildman–Crippen LogP) is 1.50. The second kappa shape index (κ2) is 5.75. The van der Waals surface area contributed by atoms with Gasteiger partial charge in [0, 0.05) is 44.2 Å². The monoisotopic (exact) mass is 322 g/mol. The van der Waals surface area contributed by atoms with Crippen LogP contribution in [0.4, 0.5) is 9.59 Å². The van der Waals surface area contributed by atoms with Crippen LogP contribution >= 0.6 is 0 Å². The Kier molecular flexibility index (Phi) is 3.91. The largest absolute Gasteiger partial charge is 0.509 e. The van der Waals surface area contributed by atoms with Gasteiger partial charge in [-0.05, 0) is 13.8 Å². The molecule has 1 aromatic rings.